The predicted octanol–water partition coefficient (Wildman–Crippen LogP) is 12.2. The summed E-state index contributed by atoms with van der Waals surface area (Å²) in [6, 6.07) is 41.0. The minimum Gasteiger partial charge on any atom is -0.386 e. The van der Waals surface area contributed by atoms with Crippen LogP contribution in [0.5, 0.6) is 0 Å². The fourth-order valence-electron chi connectivity index (χ4n) is 8.22. The van der Waals surface area contributed by atoms with Crippen LogP contribution in [0.2, 0.25) is 0 Å². The van der Waals surface area contributed by atoms with Gasteiger partial charge in [-0.05, 0) is 87.7 Å². The van der Waals surface area contributed by atoms with Crippen LogP contribution in [0.15, 0.2) is 135 Å². The second-order valence-corrected chi connectivity index (χ2v) is 17.1. The predicted molar refractivity (Wildman–Crippen MR) is 243 cm³/mol. The molecule has 3 aromatic carbocycles. The maximum absolute atomic E-state index is 14.2. The Hall–Kier alpha value is -7.12. The van der Waals surface area contributed by atoms with Gasteiger partial charge >= 0.3 is 11.3 Å². The van der Waals surface area contributed by atoms with Gasteiger partial charge < -0.3 is 14.4 Å². The van der Waals surface area contributed by atoms with Crippen LogP contribution in [0.1, 0.15) is 75.4 Å². The molecule has 7 heteroatoms. The third kappa shape index (κ3) is 6.88. The van der Waals surface area contributed by atoms with Crippen LogP contribution in [0.3, 0.4) is 0 Å². The Morgan fingerprint density at radius 1 is 0.441 bits per heavy atom. The Balaban J connectivity index is 1.53. The molecule has 2 aliphatic rings. The zero-order valence-corrected chi connectivity index (χ0v) is 34.0. The molecule has 0 radical (unpaired) electrons. The number of H-pyrrole nitrogens is 2. The van der Waals surface area contributed by atoms with Crippen molar-refractivity contribution in [3.8, 4) is 44.5 Å². The summed E-state index contributed by atoms with van der Waals surface area (Å²) in [4.78, 5) is 46.3. The summed E-state index contributed by atoms with van der Waals surface area (Å²) < 4.78 is 5.63. The summed E-state index contributed by atoms with van der Waals surface area (Å²) in [5, 5.41) is 0. The normalized spacial score (nSPS) is 12.6. The van der Waals surface area contributed by atoms with Crippen LogP contribution in [-0.4, -0.2) is 19.9 Å². The molecule has 0 saturated heterocycles. The van der Waals surface area contributed by atoms with Crippen molar-refractivity contribution in [1.82, 2.24) is 19.9 Å². The van der Waals surface area contributed by atoms with Crippen LogP contribution in [-0.2, 0) is 10.8 Å². The van der Waals surface area contributed by atoms with E-state index in [4.69, 9.17) is 14.4 Å². The first-order valence-electron chi connectivity index (χ1n) is 19.9. The lowest BCUT2D eigenvalue weighted by Crippen LogP contribution is -2.24. The van der Waals surface area contributed by atoms with E-state index in [9.17, 15) is 9.59 Å². The zero-order valence-electron chi connectivity index (χ0n) is 34.0. The summed E-state index contributed by atoms with van der Waals surface area (Å²) in [6.45, 7) is 11.8. The second kappa shape index (κ2) is 14.4. The monoisotopic (exact) mass is 772 g/mol. The van der Waals surface area contributed by atoms with Crippen LogP contribution in [0.4, 0.5) is 0 Å². The van der Waals surface area contributed by atoms with E-state index in [-0.39, 0.29) is 0 Å². The highest BCUT2D eigenvalue weighted by atomic mass is 16.4. The average Bonchev–Trinajstić information content (AvgIpc) is 4.04. The van der Waals surface area contributed by atoms with E-state index in [2.05, 4.69) is 76.7 Å². The number of aromatic amines is 2. The summed E-state index contributed by atoms with van der Waals surface area (Å²) in [5.41, 5.74) is 11.5. The van der Waals surface area contributed by atoms with E-state index in [0.717, 1.165) is 72.5 Å². The Morgan fingerprint density at radius 2 is 0.797 bits per heavy atom. The summed E-state index contributed by atoms with van der Waals surface area (Å²) in [5.74, 6) is 0. The first-order valence-corrected chi connectivity index (χ1v) is 19.9. The van der Waals surface area contributed by atoms with Crippen molar-refractivity contribution < 1.29 is 4.42 Å². The highest BCUT2D eigenvalue weighted by Crippen LogP contribution is 2.40. The Kier molecular flexibility index (Phi) is 9.12. The topological polar surface area (TPSA) is 105 Å². The van der Waals surface area contributed by atoms with Crippen molar-refractivity contribution in [2.45, 2.75) is 52.4 Å². The molecule has 290 valence electrons. The number of nitrogens with one attached hydrogen (secondary N) is 2. The Labute approximate surface area is 342 Å². The molecule has 0 amide bonds. The van der Waals surface area contributed by atoms with Crippen LogP contribution in [0, 0.1) is 0 Å². The van der Waals surface area contributed by atoms with Gasteiger partial charge in [0.15, 0.2) is 0 Å². The SMILES string of the molecule is CC(C)(C)c1cc(-c2c3nc(c(-c4ccccc4)c4ccc([nH]4)c(-c4ccccc4)c4nc(c(-c5ccccc5)c5ccc2[nH]5)C=C4)C=C3)c(C(C)(C)C)c(=O)oc1=O. The molecule has 7 aromatic rings. The van der Waals surface area contributed by atoms with E-state index in [0.29, 0.717) is 27.9 Å². The number of hydrogen-bond donors (Lipinski definition) is 2. The third-order valence-electron chi connectivity index (χ3n) is 10.9. The highest BCUT2D eigenvalue weighted by molar-refractivity contribution is 6.00. The van der Waals surface area contributed by atoms with Crippen molar-refractivity contribution in [3.05, 3.63) is 176 Å². The lowest BCUT2D eigenvalue weighted by molar-refractivity contribution is 0.434. The molecule has 0 aliphatic carbocycles. The summed E-state index contributed by atoms with van der Waals surface area (Å²) in [6.07, 6.45) is 8.19. The number of fused-ring (bicyclic) bond motifs is 8. The standard InChI is InChI=1S/C52H44N4O3/c1-51(2,3)35-30-34(48(52(4,5)6)50(58)59-49(35)57)47-42-28-26-40(55-42)45(32-18-12-8-13-19-32)38-24-22-36(53-38)44(31-16-10-7-11-17-31)37-23-25-39(54-37)46(33-20-14-9-15-21-33)41-27-29-43(47)56-41/h7-30,53,56H,1-6H3. The van der Waals surface area contributed by atoms with Gasteiger partial charge in [0.05, 0.1) is 28.3 Å². The molecule has 4 aromatic heterocycles. The van der Waals surface area contributed by atoms with Crippen molar-refractivity contribution in [1.29, 1.82) is 0 Å². The number of hydrogen-bond acceptors (Lipinski definition) is 5. The Bertz CT molecular complexity index is 3100. The minimum absolute atomic E-state index is 0.384. The van der Waals surface area contributed by atoms with Gasteiger partial charge in [0, 0.05) is 49.9 Å². The van der Waals surface area contributed by atoms with Gasteiger partial charge in [-0.1, -0.05) is 133 Å². The lowest BCUT2D eigenvalue weighted by atomic mass is 9.81. The van der Waals surface area contributed by atoms with Gasteiger partial charge in [0.2, 0.25) is 0 Å². The zero-order chi connectivity index (χ0) is 41.1. The molecule has 59 heavy (non-hydrogen) atoms. The van der Waals surface area contributed by atoms with Gasteiger partial charge in [0.1, 0.15) is 0 Å². The molecule has 0 fully saturated rings. The fraction of sp³-hybridized carbons (Fsp3) is 0.154. The Morgan fingerprint density at radius 3 is 1.15 bits per heavy atom. The first kappa shape index (κ1) is 37.5. The third-order valence-corrected chi connectivity index (χ3v) is 10.9. The maximum Gasteiger partial charge on any atom is 0.343 e. The molecule has 9 rings (SSSR count). The summed E-state index contributed by atoms with van der Waals surface area (Å²) in [7, 11) is 0. The molecule has 6 heterocycles. The first-order chi connectivity index (χ1) is 28.3. The van der Waals surface area contributed by atoms with Gasteiger partial charge in [-0.2, -0.15) is 0 Å². The van der Waals surface area contributed by atoms with E-state index in [1.54, 1.807) is 0 Å². The number of benzene rings is 3. The molecule has 7 nitrogen and oxygen atoms in total. The van der Waals surface area contributed by atoms with Crippen LogP contribution < -0.4 is 11.3 Å². The number of rotatable bonds is 4. The molecular weight excluding hydrogens is 729 g/mol. The average molecular weight is 773 g/mol. The molecule has 2 N–H and O–H groups in total. The van der Waals surface area contributed by atoms with Crippen LogP contribution in [0.25, 0.3) is 90.9 Å². The van der Waals surface area contributed by atoms with Crippen molar-refractivity contribution in [2.75, 3.05) is 0 Å². The van der Waals surface area contributed by atoms with Gasteiger partial charge in [-0.3, -0.25) is 0 Å². The molecule has 0 spiro atoms. The van der Waals surface area contributed by atoms with Crippen molar-refractivity contribution >= 4 is 46.4 Å². The van der Waals surface area contributed by atoms with Crippen molar-refractivity contribution in [2.24, 2.45) is 0 Å². The molecule has 0 atom stereocenters. The highest BCUT2D eigenvalue weighted by Gasteiger charge is 2.30. The van der Waals surface area contributed by atoms with Crippen molar-refractivity contribution in [3.63, 3.8) is 0 Å². The number of aromatic nitrogens is 4. The van der Waals surface area contributed by atoms with E-state index in [1.165, 1.54) is 0 Å². The van der Waals surface area contributed by atoms with E-state index in [1.807, 2.05) is 120 Å². The second-order valence-electron chi connectivity index (χ2n) is 17.1. The molecule has 0 unspecified atom stereocenters. The summed E-state index contributed by atoms with van der Waals surface area (Å²) >= 11 is 0. The molecule has 2 aliphatic heterocycles. The largest absolute Gasteiger partial charge is 0.386 e. The fourth-order valence-corrected chi connectivity index (χ4v) is 8.22. The quantitative estimate of drug-likeness (QED) is 0.185. The molecule has 8 bridgehead atoms. The smallest absolute Gasteiger partial charge is 0.343 e. The van der Waals surface area contributed by atoms with Gasteiger partial charge in [-0.25, -0.2) is 19.6 Å². The number of nitrogens with zero attached hydrogens (tertiary/aromatic N) is 2. The minimum atomic E-state index is -0.713. The molecule has 0 saturated carbocycles. The van der Waals surface area contributed by atoms with Gasteiger partial charge in [-0.15, -0.1) is 0 Å². The van der Waals surface area contributed by atoms with Gasteiger partial charge in [0.25, 0.3) is 0 Å². The van der Waals surface area contributed by atoms with Crippen LogP contribution >= 0.6 is 0 Å². The molecular formula is C52H44N4O3. The lowest BCUT2D eigenvalue weighted by Gasteiger charge is -2.21. The van der Waals surface area contributed by atoms with E-state index >= 15 is 0 Å². The van der Waals surface area contributed by atoms with E-state index < -0.39 is 22.1 Å². The maximum atomic E-state index is 14.2.